The Hall–Kier alpha value is 0.160. The highest BCUT2D eigenvalue weighted by Gasteiger charge is 2.28. The average Bonchev–Trinajstić information content (AvgIpc) is 2.05. The van der Waals surface area contributed by atoms with Crippen molar-refractivity contribution in [3.05, 3.63) is 0 Å². The zero-order chi connectivity index (χ0) is 9.90. The zero-order valence-electron chi connectivity index (χ0n) is 7.32. The molecule has 0 bridgehead atoms. The molecule has 6 heteroatoms. The van der Waals surface area contributed by atoms with Gasteiger partial charge in [-0.05, 0) is 12.8 Å². The van der Waals surface area contributed by atoms with Crippen molar-refractivity contribution < 1.29 is 13.0 Å². The minimum atomic E-state index is -4.11. The minimum absolute atomic E-state index is 0.110. The summed E-state index contributed by atoms with van der Waals surface area (Å²) in [5.74, 6) is 0. The average molecular weight is 228 g/mol. The van der Waals surface area contributed by atoms with E-state index in [2.05, 4.69) is 0 Å². The van der Waals surface area contributed by atoms with Crippen molar-refractivity contribution >= 4 is 21.9 Å². The summed E-state index contributed by atoms with van der Waals surface area (Å²) < 4.78 is 31.5. The summed E-state index contributed by atoms with van der Waals surface area (Å²) >= 11 is 5.47. The van der Waals surface area contributed by atoms with Gasteiger partial charge in [-0.15, -0.1) is 11.6 Å². The van der Waals surface area contributed by atoms with Crippen LogP contribution in [0.15, 0.2) is 0 Å². The van der Waals surface area contributed by atoms with Gasteiger partial charge in [0, 0.05) is 6.04 Å². The molecule has 0 spiro atoms. The molecule has 0 aliphatic heterocycles. The Bertz CT molecular complexity index is 248. The van der Waals surface area contributed by atoms with E-state index in [1.807, 2.05) is 0 Å². The Morgan fingerprint density at radius 1 is 1.31 bits per heavy atom. The normalized spacial score (nSPS) is 20.8. The summed E-state index contributed by atoms with van der Waals surface area (Å²) in [7, 11) is -4.11. The van der Waals surface area contributed by atoms with Gasteiger partial charge in [0.2, 0.25) is 0 Å². The molecule has 0 amide bonds. The first-order valence-corrected chi connectivity index (χ1v) is 6.29. The molecule has 0 heterocycles. The SMILES string of the molecule is O=S(=O)(O)N(CCl)C1CCCCC1. The number of rotatable bonds is 3. The number of nitrogens with zero attached hydrogens (tertiary/aromatic N) is 1. The van der Waals surface area contributed by atoms with Gasteiger partial charge in [-0.2, -0.15) is 12.7 Å². The molecule has 0 atom stereocenters. The first kappa shape index (κ1) is 11.2. The Kier molecular flexibility index (Phi) is 3.97. The van der Waals surface area contributed by atoms with E-state index in [0.29, 0.717) is 0 Å². The van der Waals surface area contributed by atoms with Crippen LogP contribution in [0.1, 0.15) is 32.1 Å². The van der Waals surface area contributed by atoms with E-state index in [0.717, 1.165) is 36.4 Å². The van der Waals surface area contributed by atoms with Crippen LogP contribution in [-0.4, -0.2) is 29.3 Å². The molecule has 0 radical (unpaired) electrons. The maximum absolute atomic E-state index is 10.9. The predicted octanol–water partition coefficient (Wildman–Crippen LogP) is 1.62. The highest BCUT2D eigenvalue weighted by molar-refractivity contribution is 7.83. The highest BCUT2D eigenvalue weighted by atomic mass is 35.5. The lowest BCUT2D eigenvalue weighted by Crippen LogP contribution is -2.40. The van der Waals surface area contributed by atoms with Crippen LogP contribution in [0.3, 0.4) is 0 Å². The topological polar surface area (TPSA) is 57.6 Å². The number of halogens is 1. The van der Waals surface area contributed by atoms with E-state index in [1.165, 1.54) is 0 Å². The van der Waals surface area contributed by atoms with Crippen molar-refractivity contribution in [1.82, 2.24) is 4.31 Å². The fourth-order valence-corrected chi connectivity index (χ4v) is 2.99. The van der Waals surface area contributed by atoms with Crippen LogP contribution in [0, 0.1) is 0 Å². The summed E-state index contributed by atoms with van der Waals surface area (Å²) in [4.78, 5) is 0. The van der Waals surface area contributed by atoms with Gasteiger partial charge >= 0.3 is 10.3 Å². The number of hydrogen-bond donors (Lipinski definition) is 1. The van der Waals surface area contributed by atoms with Crippen molar-refractivity contribution in [3.63, 3.8) is 0 Å². The Morgan fingerprint density at radius 2 is 1.85 bits per heavy atom. The molecule has 1 saturated carbocycles. The third kappa shape index (κ3) is 3.09. The fourth-order valence-electron chi connectivity index (χ4n) is 1.72. The molecule has 0 aromatic heterocycles. The molecule has 1 rings (SSSR count). The molecule has 0 saturated heterocycles. The molecule has 1 fully saturated rings. The van der Waals surface area contributed by atoms with Crippen LogP contribution < -0.4 is 0 Å². The molecule has 0 aromatic rings. The van der Waals surface area contributed by atoms with Crippen molar-refractivity contribution in [1.29, 1.82) is 0 Å². The molecule has 1 N–H and O–H groups in total. The maximum Gasteiger partial charge on any atom is 0.337 e. The lowest BCUT2D eigenvalue weighted by atomic mass is 9.96. The van der Waals surface area contributed by atoms with E-state index >= 15 is 0 Å². The number of hydrogen-bond acceptors (Lipinski definition) is 2. The summed E-state index contributed by atoms with van der Waals surface area (Å²) in [5.41, 5.74) is 0. The zero-order valence-corrected chi connectivity index (χ0v) is 8.89. The molecular formula is C7H14ClNO3S. The Morgan fingerprint density at radius 3 is 2.23 bits per heavy atom. The van der Waals surface area contributed by atoms with E-state index < -0.39 is 10.3 Å². The standard InChI is InChI=1S/C7H14ClNO3S/c8-6-9(13(10,11)12)7-4-2-1-3-5-7/h7H,1-6H2,(H,10,11,12). The van der Waals surface area contributed by atoms with Gasteiger partial charge in [0.05, 0.1) is 6.00 Å². The lowest BCUT2D eigenvalue weighted by molar-refractivity contribution is 0.255. The van der Waals surface area contributed by atoms with Crippen LogP contribution in [0.5, 0.6) is 0 Å². The summed E-state index contributed by atoms with van der Waals surface area (Å²) in [6, 6.07) is -0.273. The van der Waals surface area contributed by atoms with Crippen LogP contribution in [0.25, 0.3) is 0 Å². The van der Waals surface area contributed by atoms with Gasteiger partial charge in [-0.3, -0.25) is 4.55 Å². The van der Waals surface area contributed by atoms with Crippen LogP contribution in [0.4, 0.5) is 0 Å². The van der Waals surface area contributed by atoms with Crippen molar-refractivity contribution in [2.45, 2.75) is 38.1 Å². The van der Waals surface area contributed by atoms with Crippen LogP contribution in [0.2, 0.25) is 0 Å². The van der Waals surface area contributed by atoms with Crippen LogP contribution >= 0.6 is 11.6 Å². The van der Waals surface area contributed by atoms with Crippen molar-refractivity contribution in [2.24, 2.45) is 0 Å². The van der Waals surface area contributed by atoms with Gasteiger partial charge in [0.15, 0.2) is 0 Å². The molecule has 0 unspecified atom stereocenters. The second-order valence-electron chi connectivity index (χ2n) is 3.28. The Balaban J connectivity index is 2.65. The molecule has 13 heavy (non-hydrogen) atoms. The molecule has 1 aliphatic carbocycles. The monoisotopic (exact) mass is 227 g/mol. The summed E-state index contributed by atoms with van der Waals surface area (Å²) in [5, 5.41) is 0. The van der Waals surface area contributed by atoms with Crippen molar-refractivity contribution in [2.75, 3.05) is 6.00 Å². The van der Waals surface area contributed by atoms with E-state index in [9.17, 15) is 8.42 Å². The quantitative estimate of drug-likeness (QED) is 0.453. The first-order valence-electron chi connectivity index (χ1n) is 4.36. The maximum atomic E-state index is 10.9. The van der Waals surface area contributed by atoms with E-state index in [-0.39, 0.29) is 12.0 Å². The van der Waals surface area contributed by atoms with Gasteiger partial charge in [0.1, 0.15) is 0 Å². The smallest absolute Gasteiger partial charge is 0.273 e. The summed E-state index contributed by atoms with van der Waals surface area (Å²) in [6.07, 6.45) is 4.75. The van der Waals surface area contributed by atoms with Crippen LogP contribution in [-0.2, 0) is 10.3 Å². The van der Waals surface area contributed by atoms with E-state index in [1.54, 1.807) is 0 Å². The Labute approximate surface area is 83.8 Å². The third-order valence-corrected chi connectivity index (χ3v) is 3.82. The van der Waals surface area contributed by atoms with Gasteiger partial charge in [0.25, 0.3) is 0 Å². The molecule has 4 nitrogen and oxygen atoms in total. The predicted molar refractivity (Wildman–Crippen MR) is 51.0 cm³/mol. The highest BCUT2D eigenvalue weighted by Crippen LogP contribution is 2.24. The van der Waals surface area contributed by atoms with Gasteiger partial charge in [-0.1, -0.05) is 19.3 Å². The minimum Gasteiger partial charge on any atom is -0.273 e. The summed E-state index contributed by atoms with van der Waals surface area (Å²) in [6.45, 7) is 0. The van der Waals surface area contributed by atoms with E-state index in [4.69, 9.17) is 16.2 Å². The van der Waals surface area contributed by atoms with Gasteiger partial charge in [-0.25, -0.2) is 0 Å². The lowest BCUT2D eigenvalue weighted by Gasteiger charge is -2.29. The number of alkyl halides is 1. The molecular weight excluding hydrogens is 214 g/mol. The molecule has 1 aliphatic rings. The van der Waals surface area contributed by atoms with Crippen molar-refractivity contribution in [3.8, 4) is 0 Å². The fraction of sp³-hybridized carbons (Fsp3) is 1.00. The second kappa shape index (κ2) is 4.59. The molecule has 0 aromatic carbocycles. The second-order valence-corrected chi connectivity index (χ2v) is 4.88. The molecule has 78 valence electrons. The largest absolute Gasteiger partial charge is 0.337 e. The third-order valence-electron chi connectivity index (χ3n) is 2.40. The van der Waals surface area contributed by atoms with Gasteiger partial charge < -0.3 is 0 Å². The first-order chi connectivity index (χ1) is 6.05.